The van der Waals surface area contributed by atoms with Crippen LogP contribution in [-0.2, 0) is 21.4 Å². The van der Waals surface area contributed by atoms with Gasteiger partial charge < -0.3 is 10.2 Å². The maximum absolute atomic E-state index is 12.4. The zero-order valence-electron chi connectivity index (χ0n) is 14.4. The van der Waals surface area contributed by atoms with E-state index in [1.807, 2.05) is 23.1 Å². The van der Waals surface area contributed by atoms with Crippen LogP contribution in [0.3, 0.4) is 0 Å². The van der Waals surface area contributed by atoms with E-state index in [1.54, 1.807) is 18.2 Å². The van der Waals surface area contributed by atoms with Gasteiger partial charge in [0.1, 0.15) is 4.90 Å². The molecule has 0 bridgehead atoms. The summed E-state index contributed by atoms with van der Waals surface area (Å²) >= 11 is 7.36. The lowest BCUT2D eigenvalue weighted by molar-refractivity contribution is -0.126. The van der Waals surface area contributed by atoms with Crippen molar-refractivity contribution in [2.75, 3.05) is 13.1 Å². The molecule has 142 valence electrons. The van der Waals surface area contributed by atoms with E-state index in [2.05, 4.69) is 9.71 Å². The van der Waals surface area contributed by atoms with E-state index in [1.165, 1.54) is 11.3 Å². The molecule has 0 spiro atoms. The molecule has 0 saturated carbocycles. The van der Waals surface area contributed by atoms with Crippen molar-refractivity contribution >= 4 is 44.7 Å². The minimum absolute atomic E-state index is 0.0283. The van der Waals surface area contributed by atoms with Crippen molar-refractivity contribution in [1.82, 2.24) is 10.2 Å². The number of thiophene rings is 1. The number of likely N-dealkylation sites (tertiary alicyclic amines) is 1. The average Bonchev–Trinajstić information content (AvgIpc) is 3.21. The number of halogens is 1. The highest BCUT2D eigenvalue weighted by Gasteiger charge is 2.34. The van der Waals surface area contributed by atoms with Crippen LogP contribution in [-0.4, -0.2) is 38.2 Å². The number of hydrogen-bond acceptors (Lipinski definition) is 5. The fourth-order valence-corrected chi connectivity index (χ4v) is 5.69. The molecular formula is C18H18ClN3O3S2. The highest BCUT2D eigenvalue weighted by atomic mass is 35.5. The zero-order valence-corrected chi connectivity index (χ0v) is 16.8. The third-order valence-corrected chi connectivity index (χ3v) is 7.40. The van der Waals surface area contributed by atoms with Gasteiger partial charge in [0, 0.05) is 29.4 Å². The Bertz CT molecular complexity index is 1010. The third kappa shape index (κ3) is 3.74. The summed E-state index contributed by atoms with van der Waals surface area (Å²) in [6.07, 6.45) is 1.33. The van der Waals surface area contributed by atoms with Crippen LogP contribution >= 0.6 is 22.9 Å². The first-order chi connectivity index (χ1) is 12.9. The molecule has 0 atom stereocenters. The molecule has 6 nitrogen and oxygen atoms in total. The molecule has 27 heavy (non-hydrogen) atoms. The first-order valence-corrected chi connectivity index (χ1v) is 11.3. The zero-order chi connectivity index (χ0) is 19.0. The van der Waals surface area contributed by atoms with Crippen molar-refractivity contribution in [2.45, 2.75) is 24.3 Å². The lowest BCUT2D eigenvalue weighted by atomic mass is 9.95. The van der Waals surface area contributed by atoms with Gasteiger partial charge in [-0.3, -0.25) is 4.79 Å². The molecule has 1 aromatic carbocycles. The molecular weight excluding hydrogens is 406 g/mol. The topological polar surface area (TPSA) is 78.8 Å². The number of amidine groups is 1. The van der Waals surface area contributed by atoms with Crippen LogP contribution in [0.2, 0.25) is 4.34 Å². The number of nitrogens with one attached hydrogen (secondary N) is 1. The van der Waals surface area contributed by atoms with Crippen molar-refractivity contribution in [2.24, 2.45) is 10.3 Å². The number of sulfonamides is 1. The van der Waals surface area contributed by atoms with Gasteiger partial charge in [-0.15, -0.1) is 15.7 Å². The standard InChI is InChI=1S/C18H18ClN3O3S2/c19-16-6-5-13(26-16)11-20-18(23)12-7-9-22(10-8-12)17-14-3-1-2-4-15(14)27(24,25)21-17/h1-6,12H,7-11H2,(H,20,23). The van der Waals surface area contributed by atoms with Crippen molar-refractivity contribution in [3.63, 3.8) is 0 Å². The number of nitrogens with zero attached hydrogens (tertiary/aromatic N) is 2. The number of rotatable bonds is 3. The van der Waals surface area contributed by atoms with Crippen molar-refractivity contribution < 1.29 is 13.2 Å². The van der Waals surface area contributed by atoms with Gasteiger partial charge in [0.15, 0.2) is 5.84 Å². The van der Waals surface area contributed by atoms with E-state index < -0.39 is 10.0 Å². The number of hydrogen-bond donors (Lipinski definition) is 1. The Labute approximate surface area is 166 Å². The van der Waals surface area contributed by atoms with Crippen LogP contribution in [0.1, 0.15) is 23.3 Å². The number of fused-ring (bicyclic) bond motifs is 1. The molecule has 2 aromatic rings. The van der Waals surface area contributed by atoms with E-state index >= 15 is 0 Å². The summed E-state index contributed by atoms with van der Waals surface area (Å²) in [5.41, 5.74) is 0.648. The van der Waals surface area contributed by atoms with Gasteiger partial charge in [-0.1, -0.05) is 23.7 Å². The second kappa shape index (κ2) is 7.26. The minimum Gasteiger partial charge on any atom is -0.355 e. The normalized spacial score (nSPS) is 18.9. The average molecular weight is 424 g/mol. The monoisotopic (exact) mass is 423 g/mol. The van der Waals surface area contributed by atoms with Crippen LogP contribution in [0.25, 0.3) is 0 Å². The van der Waals surface area contributed by atoms with Crippen molar-refractivity contribution in [1.29, 1.82) is 0 Å². The van der Waals surface area contributed by atoms with E-state index in [4.69, 9.17) is 11.6 Å². The van der Waals surface area contributed by atoms with E-state index in [0.717, 1.165) is 4.88 Å². The molecule has 0 radical (unpaired) electrons. The molecule has 4 rings (SSSR count). The highest BCUT2D eigenvalue weighted by Crippen LogP contribution is 2.29. The first-order valence-electron chi connectivity index (χ1n) is 8.65. The number of carbonyl (C=O) groups excluding carboxylic acids is 1. The van der Waals surface area contributed by atoms with Crippen LogP contribution in [0.15, 0.2) is 45.7 Å². The van der Waals surface area contributed by atoms with Crippen LogP contribution in [0.4, 0.5) is 0 Å². The summed E-state index contributed by atoms with van der Waals surface area (Å²) in [6, 6.07) is 10.6. The smallest absolute Gasteiger partial charge is 0.285 e. The van der Waals surface area contributed by atoms with Crippen LogP contribution in [0.5, 0.6) is 0 Å². The molecule has 3 heterocycles. The van der Waals surface area contributed by atoms with Gasteiger partial charge in [-0.2, -0.15) is 8.42 Å². The van der Waals surface area contributed by atoms with Gasteiger partial charge in [-0.25, -0.2) is 0 Å². The summed E-state index contributed by atoms with van der Waals surface area (Å²) in [4.78, 5) is 15.7. The van der Waals surface area contributed by atoms with E-state index in [9.17, 15) is 13.2 Å². The van der Waals surface area contributed by atoms with Crippen LogP contribution in [0, 0.1) is 5.92 Å². The quantitative estimate of drug-likeness (QED) is 0.823. The molecule has 1 fully saturated rings. The summed E-state index contributed by atoms with van der Waals surface area (Å²) in [7, 11) is -3.61. The Hall–Kier alpha value is -1.90. The minimum atomic E-state index is -3.61. The molecule has 2 aliphatic rings. The fraction of sp³-hybridized carbons (Fsp3) is 0.333. The molecule has 1 N–H and O–H groups in total. The van der Waals surface area contributed by atoms with Crippen LogP contribution < -0.4 is 5.32 Å². The van der Waals surface area contributed by atoms with Crippen molar-refractivity contribution in [3.8, 4) is 0 Å². The van der Waals surface area contributed by atoms with Gasteiger partial charge in [-0.05, 0) is 37.1 Å². The molecule has 1 aromatic heterocycles. The third-order valence-electron chi connectivity index (χ3n) is 4.84. The lowest BCUT2D eigenvalue weighted by Gasteiger charge is -2.32. The summed E-state index contributed by atoms with van der Waals surface area (Å²) in [5, 5.41) is 2.96. The lowest BCUT2D eigenvalue weighted by Crippen LogP contribution is -2.42. The number of piperidine rings is 1. The Balaban J connectivity index is 1.37. The summed E-state index contributed by atoms with van der Waals surface area (Å²) < 4.78 is 29.1. The predicted octanol–water partition coefficient (Wildman–Crippen LogP) is 2.88. The summed E-state index contributed by atoms with van der Waals surface area (Å²) in [6.45, 7) is 1.69. The fourth-order valence-electron chi connectivity index (χ4n) is 3.44. The molecule has 0 unspecified atom stereocenters. The van der Waals surface area contributed by atoms with E-state index in [-0.39, 0.29) is 16.7 Å². The number of benzene rings is 1. The molecule has 0 aliphatic carbocycles. The number of carbonyl (C=O) groups is 1. The van der Waals surface area contributed by atoms with Crippen molar-refractivity contribution in [3.05, 3.63) is 51.2 Å². The Morgan fingerprint density at radius 3 is 2.67 bits per heavy atom. The molecule has 1 amide bonds. The SMILES string of the molecule is O=C(NCc1ccc(Cl)s1)C1CCN(C2=NS(=O)(=O)c3ccccc32)CC1. The Morgan fingerprint density at radius 1 is 1.22 bits per heavy atom. The molecule has 2 aliphatic heterocycles. The highest BCUT2D eigenvalue weighted by molar-refractivity contribution is 7.90. The second-order valence-corrected chi connectivity index (χ2v) is 9.94. The maximum Gasteiger partial charge on any atom is 0.285 e. The van der Waals surface area contributed by atoms with E-state index in [0.29, 0.717) is 48.2 Å². The Morgan fingerprint density at radius 2 is 1.96 bits per heavy atom. The van der Waals surface area contributed by atoms with Gasteiger partial charge in [0.2, 0.25) is 5.91 Å². The Kier molecular flexibility index (Phi) is 4.96. The second-order valence-electron chi connectivity index (χ2n) is 6.57. The number of amides is 1. The maximum atomic E-state index is 12.4. The molecule has 1 saturated heterocycles. The van der Waals surface area contributed by atoms with Gasteiger partial charge in [0.05, 0.1) is 10.9 Å². The van der Waals surface area contributed by atoms with Gasteiger partial charge in [0.25, 0.3) is 10.0 Å². The largest absolute Gasteiger partial charge is 0.355 e. The predicted molar refractivity (Wildman–Crippen MR) is 106 cm³/mol. The molecule has 9 heteroatoms. The van der Waals surface area contributed by atoms with Gasteiger partial charge >= 0.3 is 0 Å². The first kappa shape index (κ1) is 18.5. The summed E-state index contributed by atoms with van der Waals surface area (Å²) in [5.74, 6) is 0.448.